The van der Waals surface area contributed by atoms with Gasteiger partial charge in [0.1, 0.15) is 17.5 Å². The third-order valence-corrected chi connectivity index (χ3v) is 4.82. The molecule has 0 aliphatic heterocycles. The summed E-state index contributed by atoms with van der Waals surface area (Å²) in [6.07, 6.45) is 0.494. The number of amides is 2. The van der Waals surface area contributed by atoms with Crippen LogP contribution in [0.2, 0.25) is 0 Å². The number of hydrogen-bond donors (Lipinski definition) is 1. The molecule has 2 aromatic carbocycles. The molecule has 0 saturated carbocycles. The van der Waals surface area contributed by atoms with Gasteiger partial charge in [-0.05, 0) is 48.4 Å². The summed E-state index contributed by atoms with van der Waals surface area (Å²) in [7, 11) is 3.16. The Morgan fingerprint density at radius 2 is 1.86 bits per heavy atom. The Hall–Kier alpha value is -2.54. The van der Waals surface area contributed by atoms with E-state index in [0.717, 1.165) is 10.0 Å². The molecule has 0 bridgehead atoms. The quantitative estimate of drug-likeness (QED) is 0.638. The fraction of sp³-hybridized carbons (Fsp3) is 0.333. The van der Waals surface area contributed by atoms with E-state index in [9.17, 15) is 9.59 Å². The first-order valence-corrected chi connectivity index (χ1v) is 9.80. The Morgan fingerprint density at radius 3 is 2.46 bits per heavy atom. The highest BCUT2D eigenvalue weighted by Gasteiger charge is 2.28. The Balaban J connectivity index is 2.19. The molecular weight excluding hydrogens is 424 g/mol. The summed E-state index contributed by atoms with van der Waals surface area (Å²) in [6, 6.07) is 14.1. The minimum atomic E-state index is -0.586. The van der Waals surface area contributed by atoms with Gasteiger partial charge in [0.05, 0.1) is 7.11 Å². The molecule has 0 saturated heterocycles. The topological polar surface area (TPSA) is 67.9 Å². The van der Waals surface area contributed by atoms with Crippen LogP contribution in [0.1, 0.15) is 18.9 Å². The molecule has 0 aromatic heterocycles. The Morgan fingerprint density at radius 1 is 1.14 bits per heavy atom. The normalized spacial score (nSPS) is 11.4. The standard InChI is InChI=1S/C21H25BrN2O4/c1-4-19(21(26)23-2)24(13-15-6-5-7-18(12-15)27-3)20(25)14-28-17-10-8-16(22)9-11-17/h5-12,19H,4,13-14H2,1-3H3,(H,23,26). The number of nitrogens with zero attached hydrogens (tertiary/aromatic N) is 1. The van der Waals surface area contributed by atoms with Crippen LogP contribution in [-0.4, -0.2) is 43.5 Å². The van der Waals surface area contributed by atoms with Crippen LogP contribution in [0.3, 0.4) is 0 Å². The first kappa shape index (κ1) is 21.8. The van der Waals surface area contributed by atoms with Gasteiger partial charge in [-0.25, -0.2) is 0 Å². The Bertz CT molecular complexity index is 795. The highest BCUT2D eigenvalue weighted by Crippen LogP contribution is 2.19. The van der Waals surface area contributed by atoms with E-state index in [1.807, 2.05) is 43.3 Å². The average Bonchev–Trinajstić information content (AvgIpc) is 2.72. The molecule has 2 rings (SSSR count). The molecule has 0 aliphatic rings. The summed E-state index contributed by atoms with van der Waals surface area (Å²) in [4.78, 5) is 26.8. The van der Waals surface area contributed by atoms with E-state index in [0.29, 0.717) is 17.9 Å². The second-order valence-electron chi connectivity index (χ2n) is 6.15. The molecule has 0 aliphatic carbocycles. The van der Waals surface area contributed by atoms with Crippen molar-refractivity contribution in [1.82, 2.24) is 10.2 Å². The summed E-state index contributed by atoms with van der Waals surface area (Å²) in [5, 5.41) is 2.64. The van der Waals surface area contributed by atoms with E-state index in [1.165, 1.54) is 0 Å². The minimum absolute atomic E-state index is 0.154. The molecule has 28 heavy (non-hydrogen) atoms. The van der Waals surface area contributed by atoms with Crippen molar-refractivity contribution >= 4 is 27.7 Å². The van der Waals surface area contributed by atoms with Crippen LogP contribution in [-0.2, 0) is 16.1 Å². The number of hydrogen-bond acceptors (Lipinski definition) is 4. The number of carbonyl (C=O) groups excluding carboxylic acids is 2. The molecule has 1 N–H and O–H groups in total. The second-order valence-corrected chi connectivity index (χ2v) is 7.07. The van der Waals surface area contributed by atoms with Gasteiger partial charge in [0, 0.05) is 18.1 Å². The van der Waals surface area contributed by atoms with Crippen molar-refractivity contribution < 1.29 is 19.1 Å². The van der Waals surface area contributed by atoms with Crippen molar-refractivity contribution in [1.29, 1.82) is 0 Å². The maximum atomic E-state index is 12.9. The van der Waals surface area contributed by atoms with Crippen LogP contribution in [0.15, 0.2) is 53.0 Å². The van der Waals surface area contributed by atoms with Crippen LogP contribution in [0.25, 0.3) is 0 Å². The van der Waals surface area contributed by atoms with E-state index < -0.39 is 6.04 Å². The summed E-state index contributed by atoms with van der Waals surface area (Å²) in [6.45, 7) is 2.01. The number of benzene rings is 2. The molecule has 1 unspecified atom stereocenters. The Labute approximate surface area is 174 Å². The smallest absolute Gasteiger partial charge is 0.261 e. The number of halogens is 1. The van der Waals surface area contributed by atoms with Crippen molar-refractivity contribution in [2.45, 2.75) is 25.9 Å². The molecule has 6 nitrogen and oxygen atoms in total. The maximum Gasteiger partial charge on any atom is 0.261 e. The third kappa shape index (κ3) is 5.99. The van der Waals surface area contributed by atoms with Gasteiger partial charge in [-0.1, -0.05) is 35.0 Å². The van der Waals surface area contributed by atoms with Gasteiger partial charge < -0.3 is 19.7 Å². The van der Waals surface area contributed by atoms with Crippen LogP contribution >= 0.6 is 15.9 Å². The van der Waals surface area contributed by atoms with Crippen LogP contribution in [0.5, 0.6) is 11.5 Å². The lowest BCUT2D eigenvalue weighted by Gasteiger charge is -2.30. The van der Waals surface area contributed by atoms with Crippen LogP contribution in [0.4, 0.5) is 0 Å². The SMILES string of the molecule is CCC(C(=O)NC)N(Cc1cccc(OC)c1)C(=O)COc1ccc(Br)cc1. The zero-order chi connectivity index (χ0) is 20.5. The summed E-state index contributed by atoms with van der Waals surface area (Å²) >= 11 is 3.36. The van der Waals surface area contributed by atoms with Crippen LogP contribution in [0, 0.1) is 0 Å². The number of likely N-dealkylation sites (N-methyl/N-ethyl adjacent to an activating group) is 1. The molecule has 1 atom stereocenters. The summed E-state index contributed by atoms with van der Waals surface area (Å²) < 4.78 is 11.8. The lowest BCUT2D eigenvalue weighted by atomic mass is 10.1. The van der Waals surface area contributed by atoms with E-state index in [4.69, 9.17) is 9.47 Å². The molecule has 0 heterocycles. The van der Waals surface area contributed by atoms with Crippen molar-refractivity contribution in [3.63, 3.8) is 0 Å². The van der Waals surface area contributed by atoms with Crippen molar-refractivity contribution in [3.05, 3.63) is 58.6 Å². The molecule has 7 heteroatoms. The fourth-order valence-corrected chi connectivity index (χ4v) is 3.08. The second kappa shape index (κ2) is 10.7. The van der Waals surface area contributed by atoms with Crippen molar-refractivity contribution in [2.75, 3.05) is 20.8 Å². The number of nitrogens with one attached hydrogen (secondary N) is 1. The molecule has 0 fully saturated rings. The van der Waals surface area contributed by atoms with E-state index in [1.54, 1.807) is 31.2 Å². The average molecular weight is 449 g/mol. The number of rotatable bonds is 9. The van der Waals surface area contributed by atoms with E-state index >= 15 is 0 Å². The monoisotopic (exact) mass is 448 g/mol. The van der Waals surface area contributed by atoms with Gasteiger partial charge in [0.15, 0.2) is 6.61 Å². The first-order chi connectivity index (χ1) is 13.5. The molecule has 0 spiro atoms. The Kier molecular flexibility index (Phi) is 8.32. The van der Waals surface area contributed by atoms with Gasteiger partial charge in [0.25, 0.3) is 5.91 Å². The highest BCUT2D eigenvalue weighted by molar-refractivity contribution is 9.10. The summed E-state index contributed by atoms with van der Waals surface area (Å²) in [5.74, 6) is 0.818. The van der Waals surface area contributed by atoms with Gasteiger partial charge >= 0.3 is 0 Å². The minimum Gasteiger partial charge on any atom is -0.497 e. The lowest BCUT2D eigenvalue weighted by Crippen LogP contribution is -2.49. The lowest BCUT2D eigenvalue weighted by molar-refractivity contribution is -0.142. The molecular formula is C21H25BrN2O4. The molecule has 0 radical (unpaired) electrons. The van der Waals surface area contributed by atoms with Crippen LogP contribution < -0.4 is 14.8 Å². The first-order valence-electron chi connectivity index (χ1n) is 9.00. The van der Waals surface area contributed by atoms with E-state index in [-0.39, 0.29) is 25.0 Å². The third-order valence-electron chi connectivity index (χ3n) is 4.30. The van der Waals surface area contributed by atoms with Gasteiger partial charge in [-0.15, -0.1) is 0 Å². The zero-order valence-electron chi connectivity index (χ0n) is 16.3. The molecule has 150 valence electrons. The summed E-state index contributed by atoms with van der Waals surface area (Å²) in [5.41, 5.74) is 0.874. The number of carbonyl (C=O) groups is 2. The fourth-order valence-electron chi connectivity index (χ4n) is 2.81. The van der Waals surface area contributed by atoms with Gasteiger partial charge in [-0.2, -0.15) is 0 Å². The predicted octanol–water partition coefficient (Wildman–Crippen LogP) is 3.39. The molecule has 2 amide bonds. The molecule has 2 aromatic rings. The van der Waals surface area contributed by atoms with Gasteiger partial charge in [0.2, 0.25) is 5.91 Å². The van der Waals surface area contributed by atoms with E-state index in [2.05, 4.69) is 21.2 Å². The maximum absolute atomic E-state index is 12.9. The van der Waals surface area contributed by atoms with Gasteiger partial charge in [-0.3, -0.25) is 9.59 Å². The largest absolute Gasteiger partial charge is 0.497 e. The van der Waals surface area contributed by atoms with Crippen molar-refractivity contribution in [3.8, 4) is 11.5 Å². The van der Waals surface area contributed by atoms with Crippen molar-refractivity contribution in [2.24, 2.45) is 0 Å². The predicted molar refractivity (Wildman–Crippen MR) is 111 cm³/mol. The zero-order valence-corrected chi connectivity index (χ0v) is 17.9. The highest BCUT2D eigenvalue weighted by atomic mass is 79.9. The number of methoxy groups -OCH3 is 1. The number of ether oxygens (including phenoxy) is 2.